The Labute approximate surface area is 255 Å². The highest BCUT2D eigenvalue weighted by atomic mass is 32.5. The van der Waals surface area contributed by atoms with Gasteiger partial charge in [0.1, 0.15) is 24.1 Å². The Bertz CT molecular complexity index is 2010. The van der Waals surface area contributed by atoms with Crippen LogP contribution in [-0.4, -0.2) is 101 Å². The third-order valence-electron chi connectivity index (χ3n) is 7.48. The molecule has 0 amide bonds. The second-order valence-corrected chi connectivity index (χ2v) is 14.8. The Hall–Kier alpha value is -3.28. The van der Waals surface area contributed by atoms with Crippen molar-refractivity contribution in [1.82, 2.24) is 39.0 Å². The number of rotatable bonds is 2. The highest BCUT2D eigenvalue weighted by Crippen LogP contribution is 2.51. The van der Waals surface area contributed by atoms with Crippen molar-refractivity contribution in [2.75, 3.05) is 23.8 Å². The van der Waals surface area contributed by atoms with Gasteiger partial charge >= 0.3 is 6.72 Å². The maximum Gasteiger partial charge on any atom is 0.325 e. The smallest absolute Gasteiger partial charge is 0.325 e. The molecule has 0 aromatic carbocycles. The van der Waals surface area contributed by atoms with Crippen LogP contribution in [0.1, 0.15) is 18.9 Å². The lowest BCUT2D eigenvalue weighted by Crippen LogP contribution is -2.35. The van der Waals surface area contributed by atoms with Crippen LogP contribution in [0, 0.1) is 0 Å². The quantitative estimate of drug-likeness (QED) is 0.150. The van der Waals surface area contributed by atoms with Crippen LogP contribution >= 0.6 is 6.72 Å². The van der Waals surface area contributed by atoms with E-state index >= 15 is 8.78 Å². The van der Waals surface area contributed by atoms with Crippen molar-refractivity contribution in [3.05, 3.63) is 29.3 Å². The molecule has 6 N–H and O–H groups in total. The van der Waals surface area contributed by atoms with Crippen LogP contribution in [0.25, 0.3) is 22.3 Å². The SMILES string of the molecule is Nc1nc2c(ncn2[C@@H]2O[C@@H]3COP(O)(=S)O[C@H]4[C@H](F)[C@H](n5cnc6c(N)ncnc65)O[C@@H]4CCS(=O)(=O)O[C@@H]2[C@@H]3F)c(=O)[nH]1. The molecule has 3 fully saturated rings. The Kier molecular flexibility index (Phi) is 7.37. The molecule has 2 bridgehead atoms. The van der Waals surface area contributed by atoms with Crippen molar-refractivity contribution in [2.45, 2.75) is 55.6 Å². The van der Waals surface area contributed by atoms with Crippen LogP contribution in [0.5, 0.6) is 0 Å². The maximum absolute atomic E-state index is 16.0. The zero-order valence-corrected chi connectivity index (χ0v) is 25.0. The van der Waals surface area contributed by atoms with Gasteiger partial charge in [0.15, 0.2) is 53.5 Å². The minimum Gasteiger partial charge on any atom is -0.382 e. The normalized spacial score (nSPS) is 35.5. The van der Waals surface area contributed by atoms with Gasteiger partial charge in [0, 0.05) is 0 Å². The Morgan fingerprint density at radius 2 is 1.71 bits per heavy atom. The number of ether oxygens (including phenoxy) is 2. The van der Waals surface area contributed by atoms with Gasteiger partial charge in [-0.15, -0.1) is 0 Å². The largest absolute Gasteiger partial charge is 0.382 e. The number of nitrogen functional groups attached to an aromatic ring is 2. The van der Waals surface area contributed by atoms with E-state index in [-0.39, 0.29) is 34.1 Å². The average Bonchev–Trinajstić information content (AvgIpc) is 3.72. The van der Waals surface area contributed by atoms with Gasteiger partial charge in [-0.05, 0) is 18.2 Å². The van der Waals surface area contributed by atoms with E-state index in [2.05, 4.69) is 29.9 Å². The van der Waals surface area contributed by atoms with Crippen molar-refractivity contribution in [3.63, 3.8) is 0 Å². The maximum atomic E-state index is 16.0. The molecular weight excluding hydrogens is 669 g/mol. The number of H-pyrrole nitrogens is 1. The third-order valence-corrected chi connectivity index (χ3v) is 10.3. The van der Waals surface area contributed by atoms with E-state index in [1.807, 2.05) is 0 Å². The summed E-state index contributed by atoms with van der Waals surface area (Å²) in [5.41, 5.74) is 10.7. The van der Waals surface area contributed by atoms with Crippen LogP contribution in [0.15, 0.2) is 23.8 Å². The zero-order valence-electron chi connectivity index (χ0n) is 22.5. The number of alkyl halides is 2. The minimum atomic E-state index is -4.58. The van der Waals surface area contributed by atoms with Crippen molar-refractivity contribution in [3.8, 4) is 0 Å². The van der Waals surface area contributed by atoms with Gasteiger partial charge in [-0.3, -0.25) is 27.6 Å². The fourth-order valence-corrected chi connectivity index (χ4v) is 8.04. The number of hydrogen-bond donors (Lipinski definition) is 4. The molecule has 3 saturated heterocycles. The predicted octanol–water partition coefficient (Wildman–Crippen LogP) is -0.668. The average molecular weight is 693 g/mol. The number of nitrogens with one attached hydrogen (secondary N) is 1. The Morgan fingerprint density at radius 3 is 2.49 bits per heavy atom. The number of aromatic nitrogens is 8. The fraction of sp³-hybridized carbons (Fsp3) is 0.524. The molecule has 3 aliphatic rings. The molecule has 24 heteroatoms. The summed E-state index contributed by atoms with van der Waals surface area (Å²) < 4.78 is 88.3. The van der Waals surface area contributed by atoms with Gasteiger partial charge in [-0.1, -0.05) is 0 Å². The first-order valence-electron chi connectivity index (χ1n) is 13.1. The number of nitrogens with zero attached hydrogens (tertiary/aromatic N) is 7. The molecule has 242 valence electrons. The van der Waals surface area contributed by atoms with E-state index in [4.69, 9.17) is 46.0 Å². The van der Waals surface area contributed by atoms with Crippen molar-refractivity contribution in [2.24, 2.45) is 0 Å². The number of fused-ring (bicyclic) bond motifs is 5. The third kappa shape index (κ3) is 5.36. The minimum absolute atomic E-state index is 0.0320. The molecular formula is C21H23F2N10O9PS2. The highest BCUT2D eigenvalue weighted by Gasteiger charge is 2.53. The van der Waals surface area contributed by atoms with Gasteiger partial charge in [-0.2, -0.15) is 13.4 Å². The van der Waals surface area contributed by atoms with Crippen LogP contribution < -0.4 is 17.0 Å². The number of hydrogen-bond acceptors (Lipinski definition) is 16. The van der Waals surface area contributed by atoms with E-state index in [0.717, 1.165) is 17.2 Å². The summed E-state index contributed by atoms with van der Waals surface area (Å²) in [6, 6.07) is 0. The summed E-state index contributed by atoms with van der Waals surface area (Å²) in [6.07, 6.45) is -10.6. The molecule has 4 aromatic rings. The summed E-state index contributed by atoms with van der Waals surface area (Å²) >= 11 is 5.11. The summed E-state index contributed by atoms with van der Waals surface area (Å²) in [7, 11) is -4.58. The molecule has 7 heterocycles. The second kappa shape index (κ2) is 10.9. The summed E-state index contributed by atoms with van der Waals surface area (Å²) in [6.45, 7) is -5.08. The van der Waals surface area contributed by atoms with Gasteiger partial charge in [-0.25, -0.2) is 28.7 Å². The molecule has 7 rings (SSSR count). The molecule has 0 aliphatic carbocycles. The first-order chi connectivity index (χ1) is 21.3. The number of aromatic amines is 1. The monoisotopic (exact) mass is 692 g/mol. The lowest BCUT2D eigenvalue weighted by molar-refractivity contribution is -0.0472. The Morgan fingerprint density at radius 1 is 1.00 bits per heavy atom. The van der Waals surface area contributed by atoms with E-state index in [9.17, 15) is 18.1 Å². The molecule has 0 saturated carbocycles. The van der Waals surface area contributed by atoms with Crippen molar-refractivity contribution in [1.29, 1.82) is 0 Å². The molecule has 4 aromatic heterocycles. The van der Waals surface area contributed by atoms with E-state index in [1.54, 1.807) is 0 Å². The molecule has 0 radical (unpaired) electrons. The van der Waals surface area contributed by atoms with Gasteiger partial charge in [0.2, 0.25) is 5.95 Å². The number of halogens is 2. The van der Waals surface area contributed by atoms with Crippen LogP contribution in [0.4, 0.5) is 20.5 Å². The zero-order chi connectivity index (χ0) is 31.8. The molecule has 45 heavy (non-hydrogen) atoms. The number of anilines is 2. The van der Waals surface area contributed by atoms with Gasteiger partial charge < -0.3 is 30.4 Å². The van der Waals surface area contributed by atoms with Crippen LogP contribution in [0.2, 0.25) is 0 Å². The molecule has 3 aliphatic heterocycles. The van der Waals surface area contributed by atoms with Gasteiger partial charge in [0.05, 0.1) is 31.1 Å². The predicted molar refractivity (Wildman–Crippen MR) is 151 cm³/mol. The second-order valence-electron chi connectivity index (χ2n) is 10.3. The standard InChI is InChI=1S/C21H23F2N10O9PS2/c22-9-8-3-38-43(35,44)41-13-7(39-19(10(13)23)32-5-28-11-15(24)26-4-27-16(11)32)1-2-45(36,37)42-14(9)20(40-8)33-6-29-12-17(33)30-21(25)31-18(12)34/h4-10,13-14,19-20H,1-3H2,(H,35,44)(H2,24,26,27)(H3,25,30,31,34)/t7-,8-,9-,10+,13-,14-,19-,20-,43?/m1/s1. The summed E-state index contributed by atoms with van der Waals surface area (Å²) in [5, 5.41) is 0. The fourth-order valence-electron chi connectivity index (χ4n) is 5.45. The van der Waals surface area contributed by atoms with Crippen LogP contribution in [0.3, 0.4) is 0 Å². The number of nitrogens with two attached hydrogens (primary N) is 2. The Balaban J connectivity index is 1.21. The molecule has 9 atom stereocenters. The van der Waals surface area contributed by atoms with Crippen LogP contribution in [-0.2, 0) is 44.6 Å². The van der Waals surface area contributed by atoms with E-state index in [1.165, 1.54) is 10.9 Å². The summed E-state index contributed by atoms with van der Waals surface area (Å²) in [5.74, 6) is -1.06. The molecule has 0 spiro atoms. The van der Waals surface area contributed by atoms with Gasteiger partial charge in [0.25, 0.3) is 15.7 Å². The lowest BCUT2D eigenvalue weighted by Gasteiger charge is -2.25. The van der Waals surface area contributed by atoms with E-state index in [0.29, 0.717) is 0 Å². The van der Waals surface area contributed by atoms with Crippen molar-refractivity contribution < 1.29 is 44.8 Å². The van der Waals surface area contributed by atoms with E-state index < -0.39 is 90.4 Å². The highest BCUT2D eigenvalue weighted by molar-refractivity contribution is 8.07. The molecule has 19 nitrogen and oxygen atoms in total. The lowest BCUT2D eigenvalue weighted by atomic mass is 10.1. The molecule has 1 unspecified atom stereocenters. The first kappa shape index (κ1) is 30.4. The topological polar surface area (TPSA) is 260 Å². The van der Waals surface area contributed by atoms with Crippen molar-refractivity contribution >= 4 is 62.7 Å². The number of imidazole rings is 2. The first-order valence-corrected chi connectivity index (χ1v) is 17.3. The summed E-state index contributed by atoms with van der Waals surface area (Å²) in [4.78, 5) is 45.4.